The van der Waals surface area contributed by atoms with Crippen LogP contribution in [0.25, 0.3) is 0 Å². The molecular weight excluding hydrogens is 318 g/mol. The molecule has 2 heterocycles. The summed E-state index contributed by atoms with van der Waals surface area (Å²) in [7, 11) is 0. The molecule has 0 fully saturated rings. The van der Waals surface area contributed by atoms with Crippen LogP contribution in [0.1, 0.15) is 44.0 Å². The predicted octanol–water partition coefficient (Wildman–Crippen LogP) is 2.93. The van der Waals surface area contributed by atoms with Crippen LogP contribution in [0.15, 0.2) is 29.1 Å². The molecule has 1 unspecified atom stereocenters. The molecule has 0 saturated heterocycles. The lowest BCUT2D eigenvalue weighted by Crippen LogP contribution is -2.26. The molecule has 5 nitrogen and oxygen atoms in total. The maximum atomic E-state index is 4.26. The second-order valence-electron chi connectivity index (χ2n) is 4.71. The molecule has 20 heavy (non-hydrogen) atoms. The molecule has 0 spiro atoms. The van der Waals surface area contributed by atoms with Gasteiger partial charge in [0.1, 0.15) is 0 Å². The van der Waals surface area contributed by atoms with Crippen molar-refractivity contribution in [2.24, 2.45) is 0 Å². The van der Waals surface area contributed by atoms with E-state index in [2.05, 4.69) is 56.5 Å². The monoisotopic (exact) mass is 337 g/mol. The number of rotatable bonds is 7. The highest BCUT2D eigenvalue weighted by molar-refractivity contribution is 9.10. The SMILES string of the molecule is CCCNC(c1cncc(Br)c1)c1cnnn1CCC. The van der Waals surface area contributed by atoms with Crippen LogP contribution in [0.2, 0.25) is 0 Å². The van der Waals surface area contributed by atoms with Crippen molar-refractivity contribution in [1.29, 1.82) is 0 Å². The Balaban J connectivity index is 2.33. The first kappa shape index (κ1) is 15.1. The minimum Gasteiger partial charge on any atom is -0.305 e. The summed E-state index contributed by atoms with van der Waals surface area (Å²) < 4.78 is 2.95. The third kappa shape index (κ3) is 3.64. The van der Waals surface area contributed by atoms with Crippen molar-refractivity contribution in [3.8, 4) is 0 Å². The minimum atomic E-state index is 0.0708. The first-order chi connectivity index (χ1) is 9.76. The van der Waals surface area contributed by atoms with Crippen molar-refractivity contribution in [2.75, 3.05) is 6.54 Å². The normalized spacial score (nSPS) is 12.6. The van der Waals surface area contributed by atoms with E-state index in [0.717, 1.165) is 41.7 Å². The van der Waals surface area contributed by atoms with Gasteiger partial charge in [0.15, 0.2) is 0 Å². The summed E-state index contributed by atoms with van der Waals surface area (Å²) >= 11 is 3.48. The van der Waals surface area contributed by atoms with Crippen molar-refractivity contribution >= 4 is 15.9 Å². The summed E-state index contributed by atoms with van der Waals surface area (Å²) in [6, 6.07) is 2.16. The molecule has 0 aliphatic carbocycles. The lowest BCUT2D eigenvalue weighted by molar-refractivity contribution is 0.503. The summed E-state index contributed by atoms with van der Waals surface area (Å²) in [5, 5.41) is 11.8. The molecule has 2 rings (SSSR count). The minimum absolute atomic E-state index is 0.0708. The Morgan fingerprint density at radius 2 is 2.10 bits per heavy atom. The predicted molar refractivity (Wildman–Crippen MR) is 82.4 cm³/mol. The maximum absolute atomic E-state index is 4.26. The van der Waals surface area contributed by atoms with Gasteiger partial charge in [0, 0.05) is 23.4 Å². The van der Waals surface area contributed by atoms with Crippen LogP contribution in [0, 0.1) is 0 Å². The first-order valence-electron chi connectivity index (χ1n) is 6.98. The van der Waals surface area contributed by atoms with Gasteiger partial charge in [-0.25, -0.2) is 4.68 Å². The number of nitrogens with zero attached hydrogens (tertiary/aromatic N) is 4. The van der Waals surface area contributed by atoms with E-state index in [1.54, 1.807) is 6.20 Å². The van der Waals surface area contributed by atoms with Gasteiger partial charge in [0.2, 0.25) is 0 Å². The fourth-order valence-corrected chi connectivity index (χ4v) is 2.53. The van der Waals surface area contributed by atoms with E-state index in [1.807, 2.05) is 17.1 Å². The van der Waals surface area contributed by atoms with Crippen LogP contribution in [-0.2, 0) is 6.54 Å². The van der Waals surface area contributed by atoms with Gasteiger partial charge in [0.05, 0.1) is 17.9 Å². The van der Waals surface area contributed by atoms with Gasteiger partial charge < -0.3 is 5.32 Å². The van der Waals surface area contributed by atoms with E-state index in [4.69, 9.17) is 0 Å². The van der Waals surface area contributed by atoms with E-state index in [0.29, 0.717) is 0 Å². The molecular formula is C14H20BrN5. The third-order valence-electron chi connectivity index (χ3n) is 3.04. The van der Waals surface area contributed by atoms with Crippen LogP contribution < -0.4 is 5.32 Å². The Hall–Kier alpha value is -1.27. The fraction of sp³-hybridized carbons (Fsp3) is 0.500. The van der Waals surface area contributed by atoms with Gasteiger partial charge in [-0.15, -0.1) is 5.10 Å². The third-order valence-corrected chi connectivity index (χ3v) is 3.47. The van der Waals surface area contributed by atoms with Crippen LogP contribution >= 0.6 is 15.9 Å². The maximum Gasteiger partial charge on any atom is 0.0802 e. The van der Waals surface area contributed by atoms with Crippen molar-refractivity contribution in [3.05, 3.63) is 40.4 Å². The standard InChI is InChI=1S/C14H20BrN5/c1-3-5-17-14(11-7-12(15)9-16-8-11)13-10-18-19-20(13)6-4-2/h7-10,14,17H,3-6H2,1-2H3. The van der Waals surface area contributed by atoms with E-state index >= 15 is 0 Å². The van der Waals surface area contributed by atoms with Gasteiger partial charge in [-0.3, -0.25) is 4.98 Å². The quantitative estimate of drug-likeness (QED) is 0.843. The van der Waals surface area contributed by atoms with Crippen LogP contribution in [0.4, 0.5) is 0 Å². The van der Waals surface area contributed by atoms with Crippen LogP contribution in [0.3, 0.4) is 0 Å². The van der Waals surface area contributed by atoms with Crippen LogP contribution in [-0.4, -0.2) is 26.5 Å². The zero-order valence-corrected chi connectivity index (χ0v) is 13.5. The smallest absolute Gasteiger partial charge is 0.0802 e. The molecule has 0 saturated carbocycles. The highest BCUT2D eigenvalue weighted by Gasteiger charge is 2.19. The molecule has 1 N–H and O–H groups in total. The van der Waals surface area contributed by atoms with E-state index in [-0.39, 0.29) is 6.04 Å². The molecule has 0 bridgehead atoms. The number of pyridine rings is 1. The second-order valence-corrected chi connectivity index (χ2v) is 5.62. The number of hydrogen-bond donors (Lipinski definition) is 1. The summed E-state index contributed by atoms with van der Waals surface area (Å²) in [6.07, 6.45) is 7.63. The van der Waals surface area contributed by atoms with Gasteiger partial charge in [-0.05, 0) is 46.9 Å². The van der Waals surface area contributed by atoms with Gasteiger partial charge >= 0.3 is 0 Å². The Bertz CT molecular complexity index is 540. The number of halogens is 1. The van der Waals surface area contributed by atoms with Crippen molar-refractivity contribution < 1.29 is 0 Å². The van der Waals surface area contributed by atoms with Crippen LogP contribution in [0.5, 0.6) is 0 Å². The zero-order valence-electron chi connectivity index (χ0n) is 11.9. The largest absolute Gasteiger partial charge is 0.305 e. The van der Waals surface area contributed by atoms with Crippen molar-refractivity contribution in [3.63, 3.8) is 0 Å². The highest BCUT2D eigenvalue weighted by Crippen LogP contribution is 2.23. The molecule has 0 aliphatic rings. The Morgan fingerprint density at radius 1 is 1.25 bits per heavy atom. The summed E-state index contributed by atoms with van der Waals surface area (Å²) in [5.74, 6) is 0. The van der Waals surface area contributed by atoms with Crippen molar-refractivity contribution in [2.45, 2.75) is 39.3 Å². The Kier molecular flexibility index (Phi) is 5.67. The molecule has 0 aromatic carbocycles. The molecule has 0 amide bonds. The van der Waals surface area contributed by atoms with E-state index in [1.165, 1.54) is 0 Å². The number of nitrogens with one attached hydrogen (secondary N) is 1. The second kappa shape index (κ2) is 7.50. The highest BCUT2D eigenvalue weighted by atomic mass is 79.9. The fourth-order valence-electron chi connectivity index (χ4n) is 2.14. The molecule has 2 aromatic rings. The first-order valence-corrected chi connectivity index (χ1v) is 7.77. The average molecular weight is 338 g/mol. The van der Waals surface area contributed by atoms with Gasteiger partial charge in [-0.1, -0.05) is 19.1 Å². The topological polar surface area (TPSA) is 55.6 Å². The van der Waals surface area contributed by atoms with Crippen molar-refractivity contribution in [1.82, 2.24) is 25.3 Å². The summed E-state index contributed by atoms with van der Waals surface area (Å²) in [5.41, 5.74) is 2.20. The number of hydrogen-bond acceptors (Lipinski definition) is 4. The Morgan fingerprint density at radius 3 is 2.80 bits per heavy atom. The molecule has 0 radical (unpaired) electrons. The molecule has 0 aliphatic heterocycles. The van der Waals surface area contributed by atoms with Gasteiger partial charge in [0.25, 0.3) is 0 Å². The van der Waals surface area contributed by atoms with Gasteiger partial charge in [-0.2, -0.15) is 0 Å². The van der Waals surface area contributed by atoms with E-state index < -0.39 is 0 Å². The number of aryl methyl sites for hydroxylation is 1. The summed E-state index contributed by atoms with van der Waals surface area (Å²) in [6.45, 7) is 6.11. The molecule has 1 atom stereocenters. The molecule has 6 heteroatoms. The zero-order chi connectivity index (χ0) is 14.4. The van der Waals surface area contributed by atoms with E-state index in [9.17, 15) is 0 Å². The summed E-state index contributed by atoms with van der Waals surface area (Å²) in [4.78, 5) is 4.26. The Labute approximate surface area is 127 Å². The lowest BCUT2D eigenvalue weighted by Gasteiger charge is -2.19. The average Bonchev–Trinajstić information content (AvgIpc) is 2.88. The lowest BCUT2D eigenvalue weighted by atomic mass is 10.1. The number of aromatic nitrogens is 4. The molecule has 2 aromatic heterocycles. The molecule has 108 valence electrons.